The first kappa shape index (κ1) is 16.1. The van der Waals surface area contributed by atoms with Crippen molar-refractivity contribution in [3.8, 4) is 0 Å². The second-order valence-corrected chi connectivity index (χ2v) is 6.49. The van der Waals surface area contributed by atoms with Crippen LogP contribution in [0, 0.1) is 0 Å². The predicted octanol–water partition coefficient (Wildman–Crippen LogP) is 4.40. The molecule has 0 radical (unpaired) electrons. The van der Waals surface area contributed by atoms with Crippen LogP contribution in [0.4, 0.5) is 18.9 Å². The van der Waals surface area contributed by atoms with Crippen molar-refractivity contribution in [3.05, 3.63) is 40.4 Å². The van der Waals surface area contributed by atoms with E-state index in [9.17, 15) is 13.2 Å². The molecule has 2 N–H and O–H groups in total. The Morgan fingerprint density at radius 1 is 1.30 bits per heavy atom. The fourth-order valence-electron chi connectivity index (χ4n) is 3.02. The van der Waals surface area contributed by atoms with E-state index in [2.05, 4.69) is 20.9 Å². The first-order valence-corrected chi connectivity index (χ1v) is 7.92. The number of nitrogens with zero attached hydrogens (tertiary/aromatic N) is 2. The highest BCUT2D eigenvalue weighted by Crippen LogP contribution is 2.42. The first-order valence-electron chi connectivity index (χ1n) is 7.13. The standard InChI is InChI=1S/C16H15BrF3N3/c1-9-7-23(15(21)22-8-16(18,19)20)13-6-5-10-11(14(9)13)3-2-4-12(10)17/h2-6,9H,7-8H2,1H3,(H2,21,22). The molecule has 7 heteroatoms. The molecule has 1 unspecified atom stereocenters. The molecular weight excluding hydrogens is 371 g/mol. The van der Waals surface area contributed by atoms with E-state index in [0.29, 0.717) is 6.54 Å². The van der Waals surface area contributed by atoms with Gasteiger partial charge < -0.3 is 10.6 Å². The van der Waals surface area contributed by atoms with Gasteiger partial charge in [0, 0.05) is 22.6 Å². The third-order valence-corrected chi connectivity index (χ3v) is 4.66. The Morgan fingerprint density at radius 3 is 2.74 bits per heavy atom. The van der Waals surface area contributed by atoms with Crippen LogP contribution in [0.1, 0.15) is 18.4 Å². The molecular formula is C16H15BrF3N3. The largest absolute Gasteiger partial charge is 0.408 e. The maximum absolute atomic E-state index is 12.3. The number of halogens is 4. The summed E-state index contributed by atoms with van der Waals surface area (Å²) in [5, 5.41) is 2.15. The Balaban J connectivity index is 2.05. The van der Waals surface area contributed by atoms with Gasteiger partial charge in [-0.15, -0.1) is 0 Å². The molecule has 1 heterocycles. The van der Waals surface area contributed by atoms with E-state index >= 15 is 0 Å². The summed E-state index contributed by atoms with van der Waals surface area (Å²) in [6, 6.07) is 9.76. The van der Waals surface area contributed by atoms with Crippen molar-refractivity contribution in [1.82, 2.24) is 0 Å². The van der Waals surface area contributed by atoms with Gasteiger partial charge in [-0.25, -0.2) is 4.99 Å². The minimum absolute atomic E-state index is 0.0951. The fraction of sp³-hybridized carbons (Fsp3) is 0.312. The van der Waals surface area contributed by atoms with Crippen LogP contribution >= 0.6 is 15.9 Å². The van der Waals surface area contributed by atoms with Crippen LogP contribution in [0.25, 0.3) is 10.8 Å². The molecule has 2 aromatic carbocycles. The molecule has 0 saturated carbocycles. The second-order valence-electron chi connectivity index (χ2n) is 5.63. The molecule has 0 bridgehead atoms. The van der Waals surface area contributed by atoms with Gasteiger partial charge in [-0.3, -0.25) is 0 Å². The highest BCUT2D eigenvalue weighted by Gasteiger charge is 2.31. The molecule has 0 fully saturated rings. The summed E-state index contributed by atoms with van der Waals surface area (Å²) in [4.78, 5) is 5.15. The third kappa shape index (κ3) is 3.02. The van der Waals surface area contributed by atoms with E-state index in [1.165, 1.54) is 0 Å². The number of anilines is 1. The molecule has 1 aliphatic rings. The van der Waals surface area contributed by atoms with Crippen LogP contribution in [0.2, 0.25) is 0 Å². The summed E-state index contributed by atoms with van der Waals surface area (Å²) in [6.07, 6.45) is -4.35. The lowest BCUT2D eigenvalue weighted by molar-refractivity contribution is -0.118. The summed E-state index contributed by atoms with van der Waals surface area (Å²) in [7, 11) is 0. The van der Waals surface area contributed by atoms with Gasteiger partial charge >= 0.3 is 6.18 Å². The number of benzene rings is 2. The number of rotatable bonds is 1. The van der Waals surface area contributed by atoms with E-state index in [0.717, 1.165) is 26.5 Å². The summed E-state index contributed by atoms with van der Waals surface area (Å²) in [6.45, 7) is 1.29. The van der Waals surface area contributed by atoms with Crippen LogP contribution in [0.15, 0.2) is 39.8 Å². The number of fused-ring (bicyclic) bond motifs is 3. The van der Waals surface area contributed by atoms with Gasteiger partial charge in [-0.05, 0) is 28.5 Å². The van der Waals surface area contributed by atoms with Gasteiger partial charge in [0.2, 0.25) is 0 Å². The molecule has 0 aliphatic carbocycles. The molecule has 0 spiro atoms. The van der Waals surface area contributed by atoms with Crippen molar-refractivity contribution in [2.45, 2.75) is 19.0 Å². The van der Waals surface area contributed by atoms with Gasteiger partial charge in [0.15, 0.2) is 5.96 Å². The van der Waals surface area contributed by atoms with E-state index in [4.69, 9.17) is 5.73 Å². The number of nitrogens with two attached hydrogens (primary N) is 1. The molecule has 122 valence electrons. The molecule has 0 aromatic heterocycles. The molecule has 2 aromatic rings. The van der Waals surface area contributed by atoms with Crippen LogP contribution < -0.4 is 10.6 Å². The lowest BCUT2D eigenvalue weighted by atomic mass is 9.96. The third-order valence-electron chi connectivity index (χ3n) is 3.96. The van der Waals surface area contributed by atoms with Gasteiger partial charge in [0.25, 0.3) is 0 Å². The Labute approximate surface area is 140 Å². The number of guanidine groups is 1. The SMILES string of the molecule is CC1CN(C(N)=NCC(F)(F)F)c2ccc3c(Br)cccc3c21. The minimum atomic E-state index is -4.35. The number of aliphatic imine (C=N–C) groups is 1. The zero-order chi connectivity index (χ0) is 16.8. The Morgan fingerprint density at radius 2 is 2.04 bits per heavy atom. The molecule has 0 saturated heterocycles. The quantitative estimate of drug-likeness (QED) is 0.583. The average molecular weight is 386 g/mol. The average Bonchev–Trinajstić information content (AvgIpc) is 2.82. The smallest absolute Gasteiger partial charge is 0.370 e. The van der Waals surface area contributed by atoms with Crippen LogP contribution in [0.5, 0.6) is 0 Å². The van der Waals surface area contributed by atoms with E-state index in [1.807, 2.05) is 37.3 Å². The summed E-state index contributed by atoms with van der Waals surface area (Å²) >= 11 is 3.53. The van der Waals surface area contributed by atoms with Gasteiger partial charge in [-0.1, -0.05) is 41.1 Å². The zero-order valence-electron chi connectivity index (χ0n) is 12.4. The number of hydrogen-bond donors (Lipinski definition) is 1. The van der Waals surface area contributed by atoms with E-state index < -0.39 is 12.7 Å². The first-order chi connectivity index (χ1) is 10.8. The van der Waals surface area contributed by atoms with Gasteiger partial charge in [0.05, 0.1) is 0 Å². The zero-order valence-corrected chi connectivity index (χ0v) is 13.9. The lowest BCUT2D eigenvalue weighted by Crippen LogP contribution is -2.37. The summed E-state index contributed by atoms with van der Waals surface area (Å²) in [5.74, 6) is 0.0601. The Kier molecular flexibility index (Phi) is 4.00. The van der Waals surface area contributed by atoms with Gasteiger partial charge in [-0.2, -0.15) is 13.2 Å². The highest BCUT2D eigenvalue weighted by atomic mass is 79.9. The molecule has 1 atom stereocenters. The summed E-state index contributed by atoms with van der Waals surface area (Å²) < 4.78 is 38.0. The van der Waals surface area contributed by atoms with Crippen molar-refractivity contribution in [2.75, 3.05) is 18.0 Å². The van der Waals surface area contributed by atoms with E-state index in [-0.39, 0.29) is 11.9 Å². The summed E-state index contributed by atoms with van der Waals surface area (Å²) in [5.41, 5.74) is 7.72. The van der Waals surface area contributed by atoms with Crippen molar-refractivity contribution in [2.24, 2.45) is 10.7 Å². The Hall–Kier alpha value is -1.76. The second kappa shape index (κ2) is 5.70. The maximum Gasteiger partial charge on any atom is 0.408 e. The molecule has 3 nitrogen and oxygen atoms in total. The molecule has 0 amide bonds. The normalized spacial score (nSPS) is 18.6. The molecule has 1 aliphatic heterocycles. The topological polar surface area (TPSA) is 41.6 Å². The van der Waals surface area contributed by atoms with Crippen molar-refractivity contribution >= 4 is 38.3 Å². The van der Waals surface area contributed by atoms with Crippen LogP contribution in [0.3, 0.4) is 0 Å². The monoisotopic (exact) mass is 385 g/mol. The van der Waals surface area contributed by atoms with Crippen molar-refractivity contribution < 1.29 is 13.2 Å². The van der Waals surface area contributed by atoms with E-state index in [1.54, 1.807) is 4.90 Å². The minimum Gasteiger partial charge on any atom is -0.370 e. The predicted molar refractivity (Wildman–Crippen MR) is 90.0 cm³/mol. The number of hydrogen-bond acceptors (Lipinski definition) is 1. The van der Waals surface area contributed by atoms with Crippen molar-refractivity contribution in [1.29, 1.82) is 0 Å². The Bertz CT molecular complexity index is 786. The van der Waals surface area contributed by atoms with Crippen molar-refractivity contribution in [3.63, 3.8) is 0 Å². The number of alkyl halides is 3. The lowest BCUT2D eigenvalue weighted by Gasteiger charge is -2.19. The van der Waals surface area contributed by atoms with Crippen LogP contribution in [-0.2, 0) is 0 Å². The highest BCUT2D eigenvalue weighted by molar-refractivity contribution is 9.10. The van der Waals surface area contributed by atoms with Gasteiger partial charge in [0.1, 0.15) is 6.54 Å². The van der Waals surface area contributed by atoms with Crippen LogP contribution in [-0.4, -0.2) is 25.2 Å². The molecule has 3 rings (SSSR count). The molecule has 23 heavy (non-hydrogen) atoms. The fourth-order valence-corrected chi connectivity index (χ4v) is 3.52. The maximum atomic E-state index is 12.3.